The van der Waals surface area contributed by atoms with Gasteiger partial charge in [-0.15, -0.1) is 6.58 Å². The maximum absolute atomic E-state index is 13.2. The highest BCUT2D eigenvalue weighted by atomic mass is 32.2. The van der Waals surface area contributed by atoms with Gasteiger partial charge in [-0.3, -0.25) is 9.59 Å². The van der Waals surface area contributed by atoms with Crippen molar-refractivity contribution >= 4 is 27.4 Å². The van der Waals surface area contributed by atoms with Crippen LogP contribution in [0.3, 0.4) is 0 Å². The number of hydrogen-bond donors (Lipinski definition) is 1. The summed E-state index contributed by atoms with van der Waals surface area (Å²) in [6, 6.07) is 10.8. The van der Waals surface area contributed by atoms with Crippen molar-refractivity contribution in [2.24, 2.45) is 0 Å². The molecule has 0 aliphatic heterocycles. The molecule has 8 heteroatoms. The lowest BCUT2D eigenvalue weighted by molar-refractivity contribution is -0.114. The van der Waals surface area contributed by atoms with E-state index in [4.69, 9.17) is 4.74 Å². The van der Waals surface area contributed by atoms with Crippen molar-refractivity contribution < 1.29 is 22.7 Å². The van der Waals surface area contributed by atoms with E-state index in [1.807, 2.05) is 0 Å². The van der Waals surface area contributed by atoms with Crippen LogP contribution < -0.4 is 10.1 Å². The third-order valence-corrected chi connectivity index (χ3v) is 6.00. The first-order valence-electron chi connectivity index (χ1n) is 8.85. The Morgan fingerprint density at radius 1 is 1.14 bits per heavy atom. The Morgan fingerprint density at radius 3 is 2.31 bits per heavy atom. The fraction of sp³-hybridized carbons (Fsp3) is 0.238. The molecule has 0 spiro atoms. The monoisotopic (exact) mass is 416 g/mol. The molecule has 0 aromatic heterocycles. The van der Waals surface area contributed by atoms with Crippen LogP contribution in [0.15, 0.2) is 60.0 Å². The fourth-order valence-electron chi connectivity index (χ4n) is 2.77. The largest absolute Gasteiger partial charge is 0.496 e. The molecule has 29 heavy (non-hydrogen) atoms. The summed E-state index contributed by atoms with van der Waals surface area (Å²) in [6.45, 7) is 6.54. The SMILES string of the molecule is C=CCN(Cc1cc(C(C)=O)ccc1OC)S(=O)(=O)c1ccc(NC(C)=O)cc1. The normalized spacial score (nSPS) is 11.2. The molecule has 2 aromatic rings. The molecule has 0 fully saturated rings. The Bertz CT molecular complexity index is 1010. The molecular formula is C21H24N2O5S. The molecule has 0 radical (unpaired) electrons. The number of benzene rings is 2. The molecule has 2 aromatic carbocycles. The maximum atomic E-state index is 13.2. The van der Waals surface area contributed by atoms with Crippen molar-refractivity contribution in [1.82, 2.24) is 4.31 Å². The van der Waals surface area contributed by atoms with Crippen LogP contribution in [0.25, 0.3) is 0 Å². The summed E-state index contributed by atoms with van der Waals surface area (Å²) in [5, 5.41) is 2.60. The van der Waals surface area contributed by atoms with Crippen LogP contribution in [-0.4, -0.2) is 38.1 Å². The third kappa shape index (κ3) is 5.52. The number of Topliss-reactive ketones (excluding diaryl/α,β-unsaturated/α-hetero) is 1. The molecule has 1 amide bonds. The number of hydrogen-bond acceptors (Lipinski definition) is 5. The van der Waals surface area contributed by atoms with Crippen molar-refractivity contribution in [3.63, 3.8) is 0 Å². The predicted octanol–water partition coefficient (Wildman–Crippen LogP) is 3.23. The van der Waals surface area contributed by atoms with E-state index >= 15 is 0 Å². The maximum Gasteiger partial charge on any atom is 0.243 e. The number of ether oxygens (including phenoxy) is 1. The van der Waals surface area contributed by atoms with Gasteiger partial charge in [-0.2, -0.15) is 4.31 Å². The van der Waals surface area contributed by atoms with Crippen LogP contribution in [0.2, 0.25) is 0 Å². The zero-order valence-electron chi connectivity index (χ0n) is 16.6. The average molecular weight is 416 g/mol. The number of rotatable bonds is 9. The minimum atomic E-state index is -3.86. The van der Waals surface area contributed by atoms with E-state index in [1.54, 1.807) is 18.2 Å². The van der Waals surface area contributed by atoms with Gasteiger partial charge >= 0.3 is 0 Å². The average Bonchev–Trinajstić information content (AvgIpc) is 2.67. The van der Waals surface area contributed by atoms with Gasteiger partial charge in [-0.1, -0.05) is 6.08 Å². The second-order valence-corrected chi connectivity index (χ2v) is 8.31. The second kappa shape index (κ2) is 9.49. The van der Waals surface area contributed by atoms with Gasteiger partial charge in [0.05, 0.1) is 12.0 Å². The first-order valence-corrected chi connectivity index (χ1v) is 10.3. The molecule has 0 saturated heterocycles. The topological polar surface area (TPSA) is 92.8 Å². The number of sulfonamides is 1. The van der Waals surface area contributed by atoms with Gasteiger partial charge in [-0.25, -0.2) is 8.42 Å². The Morgan fingerprint density at radius 2 is 1.79 bits per heavy atom. The van der Waals surface area contributed by atoms with E-state index in [0.29, 0.717) is 22.6 Å². The number of carbonyl (C=O) groups is 2. The Kier molecular flexibility index (Phi) is 7.30. The standard InChI is InChI=1S/C21H24N2O5S/c1-5-12-23(14-18-13-17(15(2)24)6-11-21(18)28-4)29(26,27)20-9-7-19(8-10-20)22-16(3)25/h5-11,13H,1,12,14H2,2-4H3,(H,22,25). The predicted molar refractivity (Wildman–Crippen MR) is 112 cm³/mol. The summed E-state index contributed by atoms with van der Waals surface area (Å²) in [4.78, 5) is 22.9. The van der Waals surface area contributed by atoms with Crippen molar-refractivity contribution in [3.8, 4) is 5.75 Å². The number of anilines is 1. The number of methoxy groups -OCH3 is 1. The Labute approximate surface area is 171 Å². The molecule has 0 saturated carbocycles. The first kappa shape index (κ1) is 22.3. The molecule has 0 aliphatic rings. The van der Waals surface area contributed by atoms with E-state index in [0.717, 1.165) is 0 Å². The quantitative estimate of drug-likeness (QED) is 0.500. The van der Waals surface area contributed by atoms with Crippen LogP contribution in [-0.2, 0) is 21.4 Å². The van der Waals surface area contributed by atoms with Crippen LogP contribution in [0.1, 0.15) is 29.8 Å². The zero-order chi connectivity index (χ0) is 21.6. The van der Waals surface area contributed by atoms with Gasteiger partial charge < -0.3 is 10.1 Å². The molecule has 154 valence electrons. The van der Waals surface area contributed by atoms with Crippen LogP contribution in [0.4, 0.5) is 5.69 Å². The van der Waals surface area contributed by atoms with Crippen LogP contribution in [0.5, 0.6) is 5.75 Å². The highest BCUT2D eigenvalue weighted by Gasteiger charge is 2.25. The van der Waals surface area contributed by atoms with Gasteiger partial charge in [0.2, 0.25) is 15.9 Å². The minimum absolute atomic E-state index is 0.00605. The number of ketones is 1. The molecule has 0 unspecified atom stereocenters. The van der Waals surface area contributed by atoms with E-state index in [9.17, 15) is 18.0 Å². The molecule has 2 rings (SSSR count). The molecular weight excluding hydrogens is 392 g/mol. The zero-order valence-corrected chi connectivity index (χ0v) is 17.5. The van der Waals surface area contributed by atoms with Crippen molar-refractivity contribution in [3.05, 3.63) is 66.2 Å². The molecule has 7 nitrogen and oxygen atoms in total. The lowest BCUT2D eigenvalue weighted by atomic mass is 10.1. The summed E-state index contributed by atoms with van der Waals surface area (Å²) in [7, 11) is -2.37. The minimum Gasteiger partial charge on any atom is -0.496 e. The van der Waals surface area contributed by atoms with Crippen molar-refractivity contribution in [2.75, 3.05) is 19.0 Å². The summed E-state index contributed by atoms with van der Waals surface area (Å²) in [5.74, 6) is 0.118. The number of carbonyl (C=O) groups excluding carboxylic acids is 2. The number of nitrogens with zero attached hydrogens (tertiary/aromatic N) is 1. The molecule has 1 N–H and O–H groups in total. The highest BCUT2D eigenvalue weighted by Crippen LogP contribution is 2.26. The van der Waals surface area contributed by atoms with Crippen molar-refractivity contribution in [1.29, 1.82) is 0 Å². The van der Waals surface area contributed by atoms with E-state index < -0.39 is 10.0 Å². The van der Waals surface area contributed by atoms with Gasteiger partial charge in [0.25, 0.3) is 0 Å². The summed E-state index contributed by atoms with van der Waals surface area (Å²) in [5.41, 5.74) is 1.54. The summed E-state index contributed by atoms with van der Waals surface area (Å²) >= 11 is 0. The Hall–Kier alpha value is -2.97. The van der Waals surface area contributed by atoms with E-state index in [2.05, 4.69) is 11.9 Å². The van der Waals surface area contributed by atoms with Crippen LogP contribution >= 0.6 is 0 Å². The summed E-state index contributed by atoms with van der Waals surface area (Å²) < 4.78 is 32.9. The second-order valence-electron chi connectivity index (χ2n) is 6.37. The van der Waals surface area contributed by atoms with Gasteiger partial charge in [-0.05, 0) is 49.4 Å². The van der Waals surface area contributed by atoms with Crippen LogP contribution in [0, 0.1) is 0 Å². The van der Waals surface area contributed by atoms with Gasteiger partial charge in [0.15, 0.2) is 5.78 Å². The Balaban J connectivity index is 2.40. The third-order valence-electron chi connectivity index (χ3n) is 4.18. The summed E-state index contributed by atoms with van der Waals surface area (Å²) in [6.07, 6.45) is 1.49. The smallest absolute Gasteiger partial charge is 0.243 e. The number of nitrogens with one attached hydrogen (secondary N) is 1. The van der Waals surface area contributed by atoms with Crippen molar-refractivity contribution in [2.45, 2.75) is 25.3 Å². The molecule has 0 heterocycles. The molecule has 0 aliphatic carbocycles. The lowest BCUT2D eigenvalue weighted by Crippen LogP contribution is -2.31. The first-order chi connectivity index (χ1) is 13.7. The fourth-order valence-corrected chi connectivity index (χ4v) is 4.15. The molecule has 0 atom stereocenters. The van der Waals surface area contributed by atoms with Gasteiger partial charge in [0, 0.05) is 36.8 Å². The van der Waals surface area contributed by atoms with E-state index in [1.165, 1.54) is 55.6 Å². The van der Waals surface area contributed by atoms with E-state index in [-0.39, 0.29) is 29.7 Å². The van der Waals surface area contributed by atoms with Gasteiger partial charge in [0.1, 0.15) is 5.75 Å². The molecule has 0 bridgehead atoms. The number of amides is 1. The lowest BCUT2D eigenvalue weighted by Gasteiger charge is -2.22. The highest BCUT2D eigenvalue weighted by molar-refractivity contribution is 7.89.